The lowest BCUT2D eigenvalue weighted by Crippen LogP contribution is -2.35. The van der Waals surface area contributed by atoms with Gasteiger partial charge >= 0.3 is 0 Å². The molecular weight excluding hydrogens is 262 g/mol. The van der Waals surface area contributed by atoms with Crippen LogP contribution in [-0.4, -0.2) is 31.3 Å². The number of nitrogens with zero attached hydrogens (tertiary/aromatic N) is 2. The molecule has 18 heavy (non-hydrogen) atoms. The van der Waals surface area contributed by atoms with E-state index in [1.165, 1.54) is 5.69 Å². The lowest BCUT2D eigenvalue weighted by Gasteiger charge is -2.34. The molecule has 4 atom stereocenters. The van der Waals surface area contributed by atoms with Crippen LogP contribution in [0.25, 0.3) is 0 Å². The summed E-state index contributed by atoms with van der Waals surface area (Å²) in [7, 11) is 0. The Balaban J connectivity index is 2.11. The lowest BCUT2D eigenvalue weighted by molar-refractivity contribution is 0.485. The zero-order valence-electron chi connectivity index (χ0n) is 11.5. The van der Waals surface area contributed by atoms with Crippen molar-refractivity contribution in [1.82, 2.24) is 9.78 Å². The van der Waals surface area contributed by atoms with Crippen LogP contribution in [0.4, 0.5) is 0 Å². The number of hydrogen-bond acceptors (Lipinski definition) is 4. The Labute approximate surface area is 118 Å². The van der Waals surface area contributed by atoms with Crippen LogP contribution in [0.15, 0.2) is 12.3 Å². The van der Waals surface area contributed by atoms with Crippen LogP contribution in [0.1, 0.15) is 45.5 Å². The maximum Gasteiger partial charge on any atom is 0.0595 e. The summed E-state index contributed by atoms with van der Waals surface area (Å²) in [6.45, 7) is 8.91. The van der Waals surface area contributed by atoms with Crippen LogP contribution in [0.2, 0.25) is 0 Å². The molecule has 1 aliphatic rings. The molecule has 2 rings (SSSR count). The largest absolute Gasteiger partial charge is 0.322 e. The van der Waals surface area contributed by atoms with Crippen molar-refractivity contribution >= 4 is 23.5 Å². The predicted molar refractivity (Wildman–Crippen MR) is 82.3 cm³/mol. The minimum Gasteiger partial charge on any atom is -0.322 e. The highest BCUT2D eigenvalue weighted by Crippen LogP contribution is 2.40. The molecule has 1 aromatic heterocycles. The predicted octanol–water partition coefficient (Wildman–Crippen LogP) is 3.09. The first kappa shape index (κ1) is 14.3. The van der Waals surface area contributed by atoms with E-state index in [1.54, 1.807) is 0 Å². The second-order valence-electron chi connectivity index (χ2n) is 5.24. The molecule has 2 heterocycles. The van der Waals surface area contributed by atoms with E-state index >= 15 is 0 Å². The van der Waals surface area contributed by atoms with Crippen molar-refractivity contribution in [2.75, 3.05) is 5.75 Å². The summed E-state index contributed by atoms with van der Waals surface area (Å²) in [5.74, 6) is 1.14. The summed E-state index contributed by atoms with van der Waals surface area (Å²) in [5, 5.41) is 6.29. The topological polar surface area (TPSA) is 43.8 Å². The van der Waals surface area contributed by atoms with E-state index in [4.69, 9.17) is 5.73 Å². The quantitative estimate of drug-likeness (QED) is 0.927. The van der Waals surface area contributed by atoms with Crippen molar-refractivity contribution in [2.45, 2.75) is 55.5 Å². The summed E-state index contributed by atoms with van der Waals surface area (Å²) in [6.07, 6.45) is 1.86. The van der Waals surface area contributed by atoms with E-state index in [-0.39, 0.29) is 6.04 Å². The van der Waals surface area contributed by atoms with Crippen LogP contribution >= 0.6 is 23.5 Å². The second-order valence-corrected chi connectivity index (χ2v) is 8.27. The van der Waals surface area contributed by atoms with E-state index in [1.807, 2.05) is 29.7 Å². The molecule has 1 fully saturated rings. The number of hydrogen-bond donors (Lipinski definition) is 1. The maximum atomic E-state index is 6.47. The van der Waals surface area contributed by atoms with Crippen molar-refractivity contribution in [3.63, 3.8) is 0 Å². The van der Waals surface area contributed by atoms with Gasteiger partial charge in [-0.15, -0.1) is 0 Å². The van der Waals surface area contributed by atoms with Gasteiger partial charge in [-0.05, 0) is 19.9 Å². The molecule has 1 saturated heterocycles. The average Bonchev–Trinajstić information content (AvgIpc) is 2.81. The first-order chi connectivity index (χ1) is 8.50. The summed E-state index contributed by atoms with van der Waals surface area (Å²) >= 11 is 4.08. The molecule has 0 radical (unpaired) electrons. The van der Waals surface area contributed by atoms with E-state index in [9.17, 15) is 0 Å². The van der Waals surface area contributed by atoms with Gasteiger partial charge in [0, 0.05) is 33.7 Å². The van der Waals surface area contributed by atoms with Gasteiger partial charge in [0.15, 0.2) is 0 Å². The van der Waals surface area contributed by atoms with E-state index in [2.05, 4.69) is 43.5 Å². The Morgan fingerprint density at radius 2 is 2.11 bits per heavy atom. The number of rotatable bonds is 3. The second kappa shape index (κ2) is 5.88. The Morgan fingerprint density at radius 1 is 1.39 bits per heavy atom. The van der Waals surface area contributed by atoms with Gasteiger partial charge in [0.25, 0.3) is 0 Å². The Kier molecular flexibility index (Phi) is 4.67. The smallest absolute Gasteiger partial charge is 0.0595 e. The normalized spacial score (nSPS) is 30.7. The first-order valence-corrected chi connectivity index (χ1v) is 8.56. The van der Waals surface area contributed by atoms with Gasteiger partial charge in [0.1, 0.15) is 0 Å². The van der Waals surface area contributed by atoms with Crippen LogP contribution in [0.5, 0.6) is 0 Å². The molecule has 0 aliphatic carbocycles. The van der Waals surface area contributed by atoms with Crippen molar-refractivity contribution < 1.29 is 0 Å². The third kappa shape index (κ3) is 2.89. The third-order valence-corrected chi connectivity index (χ3v) is 7.02. The van der Waals surface area contributed by atoms with Gasteiger partial charge in [-0.3, -0.25) is 4.68 Å². The fourth-order valence-corrected chi connectivity index (χ4v) is 5.24. The van der Waals surface area contributed by atoms with Crippen LogP contribution < -0.4 is 5.73 Å². The highest BCUT2D eigenvalue weighted by Gasteiger charge is 2.31. The van der Waals surface area contributed by atoms with E-state index < -0.39 is 0 Å². The molecule has 0 bridgehead atoms. The third-order valence-electron chi connectivity index (χ3n) is 3.51. The summed E-state index contributed by atoms with van der Waals surface area (Å²) in [6, 6.07) is 2.53. The molecule has 0 saturated carbocycles. The lowest BCUT2D eigenvalue weighted by atomic mass is 10.1. The zero-order valence-corrected chi connectivity index (χ0v) is 13.2. The maximum absolute atomic E-state index is 6.47. The molecule has 102 valence electrons. The number of thioether (sulfide) groups is 2. The highest BCUT2D eigenvalue weighted by atomic mass is 32.2. The van der Waals surface area contributed by atoms with Gasteiger partial charge in [-0.25, -0.2) is 0 Å². The number of nitrogens with two attached hydrogens (primary N) is 1. The molecular formula is C13H23N3S2. The highest BCUT2D eigenvalue weighted by molar-refractivity contribution is 8.07. The van der Waals surface area contributed by atoms with Crippen molar-refractivity contribution in [2.24, 2.45) is 5.73 Å². The van der Waals surface area contributed by atoms with Crippen LogP contribution in [0, 0.1) is 0 Å². The molecule has 2 N–H and O–H groups in total. The molecule has 0 spiro atoms. The molecule has 4 unspecified atom stereocenters. The van der Waals surface area contributed by atoms with Crippen LogP contribution in [-0.2, 0) is 0 Å². The molecule has 1 aromatic rings. The average molecular weight is 285 g/mol. The zero-order chi connectivity index (χ0) is 13.3. The van der Waals surface area contributed by atoms with E-state index in [0.29, 0.717) is 16.5 Å². The fraction of sp³-hybridized carbons (Fsp3) is 0.769. The molecule has 1 aliphatic heterocycles. The van der Waals surface area contributed by atoms with Gasteiger partial charge in [0.05, 0.1) is 11.7 Å². The molecule has 5 heteroatoms. The van der Waals surface area contributed by atoms with Crippen LogP contribution in [0.3, 0.4) is 0 Å². The minimum atomic E-state index is 0.0855. The van der Waals surface area contributed by atoms with Crippen molar-refractivity contribution in [3.05, 3.63) is 18.0 Å². The van der Waals surface area contributed by atoms with Gasteiger partial charge in [-0.2, -0.15) is 28.6 Å². The summed E-state index contributed by atoms with van der Waals surface area (Å²) in [5.41, 5.74) is 7.64. The first-order valence-electron chi connectivity index (χ1n) is 6.56. The van der Waals surface area contributed by atoms with Gasteiger partial charge in [-0.1, -0.05) is 13.8 Å². The summed E-state index contributed by atoms with van der Waals surface area (Å²) in [4.78, 5) is 0. The van der Waals surface area contributed by atoms with E-state index in [0.717, 1.165) is 11.0 Å². The fourth-order valence-electron chi connectivity index (χ4n) is 2.21. The number of aromatic nitrogens is 2. The van der Waals surface area contributed by atoms with Crippen molar-refractivity contribution in [1.29, 1.82) is 0 Å². The minimum absolute atomic E-state index is 0.0855. The standard InChI is InChI=1S/C13H23N3S2/c1-8(2)16-11(5-6-15-16)13(14)12-7-17-9(3)10(4)18-12/h5-6,8-10,12-13H,7,14H2,1-4H3. The summed E-state index contributed by atoms with van der Waals surface area (Å²) < 4.78 is 2.05. The Hall–Kier alpha value is -0.130. The Morgan fingerprint density at radius 3 is 2.72 bits per heavy atom. The Bertz CT molecular complexity index is 391. The van der Waals surface area contributed by atoms with Crippen molar-refractivity contribution in [3.8, 4) is 0 Å². The SMILES string of the molecule is CC1SCC(C(N)c2ccnn2C(C)C)SC1C. The van der Waals surface area contributed by atoms with Gasteiger partial charge < -0.3 is 5.73 Å². The van der Waals surface area contributed by atoms with Gasteiger partial charge in [0.2, 0.25) is 0 Å². The monoisotopic (exact) mass is 285 g/mol. The molecule has 0 aromatic carbocycles. The molecule has 3 nitrogen and oxygen atoms in total. The molecule has 0 amide bonds.